The molecule has 0 aromatic carbocycles. The summed E-state index contributed by atoms with van der Waals surface area (Å²) in [5.41, 5.74) is 0.277. The van der Waals surface area contributed by atoms with Gasteiger partial charge in [-0.25, -0.2) is 4.79 Å². The van der Waals surface area contributed by atoms with E-state index in [1.54, 1.807) is 18.2 Å². The predicted octanol–water partition coefficient (Wildman–Crippen LogP) is 0.683. The molecule has 1 unspecified atom stereocenters. The molecule has 1 atom stereocenters. The fourth-order valence-electron chi connectivity index (χ4n) is 1.36. The van der Waals surface area contributed by atoms with E-state index in [2.05, 4.69) is 4.98 Å². The van der Waals surface area contributed by atoms with Crippen LogP contribution in [0.3, 0.4) is 0 Å². The standard InChI is InChI=1S/C12H15NO4/c14-7-3-4-9(15)8-10(12(16)17)11-5-1-2-6-13-11/h1-2,5-6,8-9,14-15H,3-4,7H2,(H,16,17). The van der Waals surface area contributed by atoms with Crippen molar-refractivity contribution < 1.29 is 20.1 Å². The molecule has 0 aliphatic heterocycles. The van der Waals surface area contributed by atoms with Crippen LogP contribution in [0, 0.1) is 0 Å². The van der Waals surface area contributed by atoms with E-state index in [1.165, 1.54) is 12.3 Å². The van der Waals surface area contributed by atoms with E-state index < -0.39 is 12.1 Å². The highest BCUT2D eigenvalue weighted by Gasteiger charge is 2.13. The van der Waals surface area contributed by atoms with Crippen LogP contribution in [-0.2, 0) is 4.79 Å². The molecule has 5 nitrogen and oxygen atoms in total. The number of hydrogen-bond acceptors (Lipinski definition) is 4. The zero-order valence-corrected chi connectivity index (χ0v) is 9.28. The number of carbonyl (C=O) groups is 1. The molecule has 5 heteroatoms. The second kappa shape index (κ2) is 6.78. The van der Waals surface area contributed by atoms with Crippen molar-refractivity contribution in [1.82, 2.24) is 4.98 Å². The van der Waals surface area contributed by atoms with Crippen molar-refractivity contribution in [2.24, 2.45) is 0 Å². The zero-order chi connectivity index (χ0) is 12.7. The van der Waals surface area contributed by atoms with E-state index in [1.807, 2.05) is 0 Å². The minimum atomic E-state index is -1.13. The number of rotatable bonds is 6. The first-order valence-electron chi connectivity index (χ1n) is 5.30. The monoisotopic (exact) mass is 237 g/mol. The predicted molar refractivity (Wildman–Crippen MR) is 62.2 cm³/mol. The molecule has 0 amide bonds. The molecule has 1 rings (SSSR count). The van der Waals surface area contributed by atoms with Gasteiger partial charge in [-0.2, -0.15) is 0 Å². The van der Waals surface area contributed by atoms with Crippen LogP contribution >= 0.6 is 0 Å². The SMILES string of the molecule is O=C(O)C(=CC(O)CCCO)c1ccccn1. The molecular weight excluding hydrogens is 222 g/mol. The van der Waals surface area contributed by atoms with E-state index in [-0.39, 0.29) is 12.2 Å². The van der Waals surface area contributed by atoms with E-state index >= 15 is 0 Å². The van der Waals surface area contributed by atoms with Gasteiger partial charge in [0.25, 0.3) is 0 Å². The molecule has 0 fully saturated rings. The molecule has 1 heterocycles. The van der Waals surface area contributed by atoms with Crippen molar-refractivity contribution in [3.63, 3.8) is 0 Å². The van der Waals surface area contributed by atoms with Gasteiger partial charge in [0.15, 0.2) is 0 Å². The lowest BCUT2D eigenvalue weighted by Gasteiger charge is -2.07. The molecule has 92 valence electrons. The van der Waals surface area contributed by atoms with E-state index in [0.717, 1.165) is 0 Å². The van der Waals surface area contributed by atoms with Gasteiger partial charge >= 0.3 is 5.97 Å². The van der Waals surface area contributed by atoms with Gasteiger partial charge < -0.3 is 15.3 Å². The van der Waals surface area contributed by atoms with Crippen LogP contribution < -0.4 is 0 Å². The normalized spacial score (nSPS) is 13.4. The highest BCUT2D eigenvalue weighted by molar-refractivity contribution is 6.14. The molecule has 1 aromatic heterocycles. The summed E-state index contributed by atoms with van der Waals surface area (Å²) in [7, 11) is 0. The first-order chi connectivity index (χ1) is 8.15. The minimum Gasteiger partial charge on any atom is -0.478 e. The fourth-order valence-corrected chi connectivity index (χ4v) is 1.36. The number of aliphatic hydroxyl groups is 2. The molecular formula is C12H15NO4. The van der Waals surface area contributed by atoms with Gasteiger partial charge in [0.2, 0.25) is 0 Å². The van der Waals surface area contributed by atoms with Gasteiger partial charge in [-0.15, -0.1) is 0 Å². The van der Waals surface area contributed by atoms with Gasteiger partial charge in [-0.05, 0) is 31.1 Å². The molecule has 1 aromatic rings. The summed E-state index contributed by atoms with van der Waals surface area (Å²) in [4.78, 5) is 15.0. The Bertz CT molecular complexity index is 389. The largest absolute Gasteiger partial charge is 0.478 e. The lowest BCUT2D eigenvalue weighted by Crippen LogP contribution is -2.09. The number of hydrogen-bond donors (Lipinski definition) is 3. The third kappa shape index (κ3) is 4.34. The molecule has 0 aliphatic rings. The molecule has 0 bridgehead atoms. The minimum absolute atomic E-state index is 0.0309. The fraction of sp³-hybridized carbons (Fsp3) is 0.333. The highest BCUT2D eigenvalue weighted by Crippen LogP contribution is 2.14. The summed E-state index contributed by atoms with van der Waals surface area (Å²) in [5.74, 6) is -1.13. The van der Waals surface area contributed by atoms with Crippen LogP contribution in [0.4, 0.5) is 0 Å². The maximum absolute atomic E-state index is 11.0. The third-order valence-corrected chi connectivity index (χ3v) is 2.19. The Morgan fingerprint density at radius 1 is 1.47 bits per heavy atom. The molecule has 0 spiro atoms. The van der Waals surface area contributed by atoms with Gasteiger partial charge in [0, 0.05) is 12.8 Å². The number of pyridine rings is 1. The number of aliphatic carboxylic acids is 1. The Hall–Kier alpha value is -1.72. The summed E-state index contributed by atoms with van der Waals surface area (Å²) in [5, 5.41) is 27.2. The Morgan fingerprint density at radius 2 is 2.24 bits per heavy atom. The van der Waals surface area contributed by atoms with Crippen LogP contribution in [0.5, 0.6) is 0 Å². The summed E-state index contributed by atoms with van der Waals surface area (Å²) in [6.45, 7) is -0.0309. The topological polar surface area (TPSA) is 90.7 Å². The van der Waals surface area contributed by atoms with Crippen LogP contribution in [0.15, 0.2) is 30.5 Å². The molecule has 0 saturated heterocycles. The summed E-state index contributed by atoms with van der Waals surface area (Å²) < 4.78 is 0. The zero-order valence-electron chi connectivity index (χ0n) is 9.28. The molecule has 17 heavy (non-hydrogen) atoms. The van der Waals surface area contributed by atoms with Gasteiger partial charge in [0.05, 0.1) is 17.4 Å². The molecule has 0 aliphatic carbocycles. The van der Waals surface area contributed by atoms with Crippen molar-refractivity contribution in [2.45, 2.75) is 18.9 Å². The van der Waals surface area contributed by atoms with Crippen LogP contribution in [0.2, 0.25) is 0 Å². The molecule has 0 radical (unpaired) electrons. The second-order valence-electron chi connectivity index (χ2n) is 3.53. The van der Waals surface area contributed by atoms with Crippen LogP contribution in [-0.4, -0.2) is 39.0 Å². The van der Waals surface area contributed by atoms with Crippen molar-refractivity contribution in [2.75, 3.05) is 6.61 Å². The van der Waals surface area contributed by atoms with Crippen LogP contribution in [0.25, 0.3) is 5.57 Å². The Balaban J connectivity index is 2.86. The summed E-state index contributed by atoms with van der Waals surface area (Å²) in [6.07, 6.45) is 2.59. The molecule has 0 saturated carbocycles. The van der Waals surface area contributed by atoms with Gasteiger partial charge in [-0.1, -0.05) is 6.07 Å². The second-order valence-corrected chi connectivity index (χ2v) is 3.53. The van der Waals surface area contributed by atoms with Gasteiger partial charge in [-0.3, -0.25) is 4.98 Å². The van der Waals surface area contributed by atoms with Crippen molar-refractivity contribution >= 4 is 11.5 Å². The number of carboxylic acid groups (broad SMARTS) is 1. The number of carboxylic acids is 1. The summed E-state index contributed by atoms with van der Waals surface area (Å²) >= 11 is 0. The number of aliphatic hydroxyl groups excluding tert-OH is 2. The lowest BCUT2D eigenvalue weighted by molar-refractivity contribution is -0.130. The van der Waals surface area contributed by atoms with E-state index in [9.17, 15) is 9.90 Å². The van der Waals surface area contributed by atoms with Gasteiger partial charge in [0.1, 0.15) is 0 Å². The summed E-state index contributed by atoms with van der Waals surface area (Å²) in [6, 6.07) is 4.93. The third-order valence-electron chi connectivity index (χ3n) is 2.19. The van der Waals surface area contributed by atoms with Crippen molar-refractivity contribution in [1.29, 1.82) is 0 Å². The van der Waals surface area contributed by atoms with E-state index in [4.69, 9.17) is 10.2 Å². The van der Waals surface area contributed by atoms with E-state index in [0.29, 0.717) is 18.5 Å². The lowest BCUT2D eigenvalue weighted by atomic mass is 10.1. The Labute approximate surface area is 99.1 Å². The smallest absolute Gasteiger partial charge is 0.337 e. The van der Waals surface area contributed by atoms with Crippen molar-refractivity contribution in [3.05, 3.63) is 36.2 Å². The maximum atomic E-state index is 11.0. The number of aromatic nitrogens is 1. The Morgan fingerprint density at radius 3 is 2.76 bits per heavy atom. The average Bonchev–Trinajstić information content (AvgIpc) is 2.34. The van der Waals surface area contributed by atoms with Crippen molar-refractivity contribution in [3.8, 4) is 0 Å². The molecule has 3 N–H and O–H groups in total. The van der Waals surface area contributed by atoms with Crippen LogP contribution in [0.1, 0.15) is 18.5 Å². The maximum Gasteiger partial charge on any atom is 0.337 e. The highest BCUT2D eigenvalue weighted by atomic mass is 16.4. The Kier molecular flexibility index (Phi) is 5.32. The number of nitrogens with zero attached hydrogens (tertiary/aromatic N) is 1. The first kappa shape index (κ1) is 13.3. The first-order valence-corrected chi connectivity index (χ1v) is 5.30. The average molecular weight is 237 g/mol. The quantitative estimate of drug-likeness (QED) is 0.633.